The van der Waals surface area contributed by atoms with Gasteiger partial charge in [0.1, 0.15) is 0 Å². The Hall–Kier alpha value is -1.57. The normalized spacial score (nSPS) is 11.1. The molecule has 0 fully saturated rings. The molecule has 0 spiro atoms. The van der Waals surface area contributed by atoms with Crippen LogP contribution in [0.2, 0.25) is 0 Å². The number of benzene rings is 1. The molecule has 0 radical (unpaired) electrons. The Morgan fingerprint density at radius 3 is 2.33 bits per heavy atom. The first-order chi connectivity index (χ1) is 11.7. The first kappa shape index (κ1) is 20.5. The highest BCUT2D eigenvalue weighted by Crippen LogP contribution is 2.12. The van der Waals surface area contributed by atoms with Gasteiger partial charge in [0.25, 0.3) is 0 Å². The molecule has 1 N–H and O–H groups in total. The number of nitrogens with one attached hydrogen (secondary N) is 1. The van der Waals surface area contributed by atoms with Gasteiger partial charge in [0.15, 0.2) is 5.78 Å². The van der Waals surface area contributed by atoms with E-state index in [2.05, 4.69) is 24.4 Å². The van der Waals surface area contributed by atoms with Gasteiger partial charge in [-0.05, 0) is 44.7 Å². The summed E-state index contributed by atoms with van der Waals surface area (Å²) < 4.78 is 0. The first-order valence-electron chi connectivity index (χ1n) is 9.74. The van der Waals surface area contributed by atoms with Crippen molar-refractivity contribution in [2.45, 2.75) is 78.1 Å². The third-order valence-electron chi connectivity index (χ3n) is 4.29. The van der Waals surface area contributed by atoms with Crippen LogP contribution in [0.15, 0.2) is 36.4 Å². The van der Waals surface area contributed by atoms with Crippen LogP contribution in [-0.4, -0.2) is 12.3 Å². The van der Waals surface area contributed by atoms with E-state index in [0.29, 0.717) is 0 Å². The number of carbonyl (C=O) groups excluding carboxylic acids is 1. The number of rotatable bonds is 14. The van der Waals surface area contributed by atoms with E-state index >= 15 is 0 Å². The van der Waals surface area contributed by atoms with Gasteiger partial charge >= 0.3 is 0 Å². The van der Waals surface area contributed by atoms with Crippen molar-refractivity contribution in [2.24, 2.45) is 0 Å². The molecule has 2 heteroatoms. The highest BCUT2D eigenvalue weighted by Gasteiger charge is 1.99. The molecule has 0 atom stereocenters. The summed E-state index contributed by atoms with van der Waals surface area (Å²) in [5.41, 5.74) is 1.81. The fourth-order valence-electron chi connectivity index (χ4n) is 2.76. The molecule has 0 unspecified atom stereocenters. The second-order valence-corrected chi connectivity index (χ2v) is 6.59. The van der Waals surface area contributed by atoms with E-state index < -0.39 is 0 Å². The van der Waals surface area contributed by atoms with Gasteiger partial charge in [-0.25, -0.2) is 0 Å². The third kappa shape index (κ3) is 10.3. The third-order valence-corrected chi connectivity index (χ3v) is 4.29. The zero-order valence-corrected chi connectivity index (χ0v) is 15.7. The SMILES string of the molecule is CCCCCCCCC/C=C/CCCNc1cccc(C(C)=O)c1. The van der Waals surface area contributed by atoms with Crippen LogP contribution in [0, 0.1) is 0 Å². The molecule has 1 aromatic rings. The molecule has 1 aromatic carbocycles. The Morgan fingerprint density at radius 1 is 0.958 bits per heavy atom. The number of ketones is 1. The monoisotopic (exact) mass is 329 g/mol. The summed E-state index contributed by atoms with van der Waals surface area (Å²) in [6.45, 7) is 4.82. The van der Waals surface area contributed by atoms with E-state index in [-0.39, 0.29) is 5.78 Å². The number of hydrogen-bond donors (Lipinski definition) is 1. The van der Waals surface area contributed by atoms with Crippen molar-refractivity contribution in [3.63, 3.8) is 0 Å². The van der Waals surface area contributed by atoms with Crippen LogP contribution in [0.5, 0.6) is 0 Å². The molecule has 0 heterocycles. The molecule has 0 saturated carbocycles. The average Bonchev–Trinajstić information content (AvgIpc) is 2.59. The lowest BCUT2D eigenvalue weighted by atomic mass is 10.1. The zero-order valence-electron chi connectivity index (χ0n) is 15.7. The molecule has 0 saturated heterocycles. The molecule has 2 nitrogen and oxygen atoms in total. The minimum atomic E-state index is 0.118. The molecule has 1 rings (SSSR count). The molecule has 134 valence electrons. The van der Waals surface area contributed by atoms with E-state index in [1.165, 1.54) is 51.4 Å². The minimum Gasteiger partial charge on any atom is -0.385 e. The van der Waals surface area contributed by atoms with Gasteiger partial charge in [-0.15, -0.1) is 0 Å². The summed E-state index contributed by atoms with van der Waals surface area (Å²) in [6.07, 6.45) is 17.8. The van der Waals surface area contributed by atoms with Crippen molar-refractivity contribution in [3.05, 3.63) is 42.0 Å². The maximum absolute atomic E-state index is 11.3. The van der Waals surface area contributed by atoms with Gasteiger partial charge in [0, 0.05) is 17.8 Å². The van der Waals surface area contributed by atoms with Crippen molar-refractivity contribution >= 4 is 11.5 Å². The van der Waals surface area contributed by atoms with Crippen molar-refractivity contribution < 1.29 is 4.79 Å². The quantitative estimate of drug-likeness (QED) is 0.231. The number of anilines is 1. The molecular formula is C22H35NO. The molecule has 0 aliphatic rings. The molecule has 0 amide bonds. The zero-order chi connectivity index (χ0) is 17.5. The Balaban J connectivity index is 1.98. The molecular weight excluding hydrogens is 294 g/mol. The smallest absolute Gasteiger partial charge is 0.159 e. The molecule has 0 aliphatic heterocycles. The van der Waals surface area contributed by atoms with Crippen LogP contribution < -0.4 is 5.32 Å². The van der Waals surface area contributed by atoms with Crippen molar-refractivity contribution in [2.75, 3.05) is 11.9 Å². The second-order valence-electron chi connectivity index (χ2n) is 6.59. The maximum atomic E-state index is 11.3. The van der Waals surface area contributed by atoms with Gasteiger partial charge < -0.3 is 5.32 Å². The predicted octanol–water partition coefficient (Wildman–Crippen LogP) is 6.78. The highest BCUT2D eigenvalue weighted by atomic mass is 16.1. The van der Waals surface area contributed by atoms with Crippen LogP contribution >= 0.6 is 0 Å². The van der Waals surface area contributed by atoms with Crippen LogP contribution in [0.3, 0.4) is 0 Å². The summed E-state index contributed by atoms with van der Waals surface area (Å²) in [4.78, 5) is 11.3. The summed E-state index contributed by atoms with van der Waals surface area (Å²) in [6, 6.07) is 7.74. The van der Waals surface area contributed by atoms with Gasteiger partial charge in [-0.2, -0.15) is 0 Å². The molecule has 24 heavy (non-hydrogen) atoms. The first-order valence-corrected chi connectivity index (χ1v) is 9.74. The van der Waals surface area contributed by atoms with Crippen LogP contribution in [-0.2, 0) is 0 Å². The van der Waals surface area contributed by atoms with Crippen molar-refractivity contribution in [1.29, 1.82) is 0 Å². The van der Waals surface area contributed by atoms with E-state index in [4.69, 9.17) is 0 Å². The lowest BCUT2D eigenvalue weighted by Crippen LogP contribution is -2.02. The summed E-state index contributed by atoms with van der Waals surface area (Å²) in [5.74, 6) is 0.118. The van der Waals surface area contributed by atoms with Gasteiger partial charge in [0.05, 0.1) is 0 Å². The number of allylic oxidation sites excluding steroid dienone is 2. The van der Waals surface area contributed by atoms with Gasteiger partial charge in [0.2, 0.25) is 0 Å². The Bertz CT molecular complexity index is 479. The minimum absolute atomic E-state index is 0.118. The van der Waals surface area contributed by atoms with Crippen molar-refractivity contribution in [3.8, 4) is 0 Å². The van der Waals surface area contributed by atoms with Crippen LogP contribution in [0.1, 0.15) is 88.4 Å². The van der Waals surface area contributed by atoms with E-state index in [1.54, 1.807) is 6.92 Å². The Morgan fingerprint density at radius 2 is 1.62 bits per heavy atom. The van der Waals surface area contributed by atoms with Gasteiger partial charge in [-0.1, -0.05) is 69.7 Å². The number of carbonyl (C=O) groups is 1. The van der Waals surface area contributed by atoms with Gasteiger partial charge in [-0.3, -0.25) is 4.79 Å². The standard InChI is InChI=1S/C22H35NO/c1-3-4-5-6-7-8-9-10-11-12-13-14-18-23-22-17-15-16-21(19-22)20(2)24/h11-12,15-17,19,23H,3-10,13-14,18H2,1-2H3/b12-11+. The number of unbranched alkanes of at least 4 members (excludes halogenated alkanes) is 8. The fourth-order valence-corrected chi connectivity index (χ4v) is 2.76. The average molecular weight is 330 g/mol. The summed E-state index contributed by atoms with van der Waals surface area (Å²) >= 11 is 0. The van der Waals surface area contributed by atoms with Crippen LogP contribution in [0.25, 0.3) is 0 Å². The molecule has 0 bridgehead atoms. The number of Topliss-reactive ketones (excluding diaryl/α,β-unsaturated/α-hetero) is 1. The lowest BCUT2D eigenvalue weighted by Gasteiger charge is -2.06. The fraction of sp³-hybridized carbons (Fsp3) is 0.591. The lowest BCUT2D eigenvalue weighted by molar-refractivity contribution is 0.101. The largest absolute Gasteiger partial charge is 0.385 e. The molecule has 0 aromatic heterocycles. The Kier molecular flexibility index (Phi) is 11.8. The van der Waals surface area contributed by atoms with Crippen LogP contribution in [0.4, 0.5) is 5.69 Å². The summed E-state index contributed by atoms with van der Waals surface area (Å²) in [5, 5.41) is 3.39. The topological polar surface area (TPSA) is 29.1 Å². The van der Waals surface area contributed by atoms with E-state index in [0.717, 1.165) is 30.6 Å². The number of hydrogen-bond acceptors (Lipinski definition) is 2. The van der Waals surface area contributed by atoms with Crippen molar-refractivity contribution in [1.82, 2.24) is 0 Å². The van der Waals surface area contributed by atoms with E-state index in [1.807, 2.05) is 24.3 Å². The Labute approximate surface area is 148 Å². The highest BCUT2D eigenvalue weighted by molar-refractivity contribution is 5.94. The maximum Gasteiger partial charge on any atom is 0.159 e. The second kappa shape index (κ2) is 13.8. The molecule has 0 aliphatic carbocycles. The summed E-state index contributed by atoms with van der Waals surface area (Å²) in [7, 11) is 0. The predicted molar refractivity (Wildman–Crippen MR) is 106 cm³/mol. The van der Waals surface area contributed by atoms with E-state index in [9.17, 15) is 4.79 Å².